The number of phenolic OH excluding ortho intramolecular Hbond substituents is 2. The molecule has 1 heterocycles. The molecule has 1 aromatic carbocycles. The summed E-state index contributed by atoms with van der Waals surface area (Å²) >= 11 is 5.85. The van der Waals surface area contributed by atoms with Crippen molar-refractivity contribution in [1.82, 2.24) is 4.98 Å². The van der Waals surface area contributed by atoms with Crippen molar-refractivity contribution in [1.29, 1.82) is 0 Å². The van der Waals surface area contributed by atoms with E-state index in [9.17, 15) is 15.0 Å². The van der Waals surface area contributed by atoms with Gasteiger partial charge in [-0.2, -0.15) is 0 Å². The lowest BCUT2D eigenvalue weighted by atomic mass is 10.1. The number of carboxylic acid groups (broad SMARTS) is 1. The van der Waals surface area contributed by atoms with Crippen LogP contribution in [0.15, 0.2) is 18.3 Å². The first-order valence-electron chi connectivity index (χ1n) is 4.24. The van der Waals surface area contributed by atoms with Gasteiger partial charge < -0.3 is 15.3 Å². The Hall–Kier alpha value is -2.01. The van der Waals surface area contributed by atoms with E-state index in [2.05, 4.69) is 4.98 Å². The van der Waals surface area contributed by atoms with Crippen LogP contribution in [0.1, 0.15) is 10.4 Å². The molecule has 16 heavy (non-hydrogen) atoms. The maximum Gasteiger partial charge on any atom is 0.338 e. The zero-order valence-corrected chi connectivity index (χ0v) is 8.56. The maximum atomic E-state index is 10.8. The van der Waals surface area contributed by atoms with Crippen LogP contribution in [0.5, 0.6) is 11.5 Å². The number of hydrogen-bond acceptors (Lipinski definition) is 4. The molecule has 0 radical (unpaired) electrons. The van der Waals surface area contributed by atoms with Gasteiger partial charge in [0, 0.05) is 17.6 Å². The molecular formula is C10H6ClNO4. The largest absolute Gasteiger partial charge is 0.504 e. The average Bonchev–Trinajstić information content (AvgIpc) is 2.21. The van der Waals surface area contributed by atoms with Gasteiger partial charge in [0.15, 0.2) is 11.5 Å². The van der Waals surface area contributed by atoms with Gasteiger partial charge in [-0.3, -0.25) is 4.98 Å². The number of rotatable bonds is 1. The molecule has 2 aromatic rings. The number of halogens is 1. The van der Waals surface area contributed by atoms with Gasteiger partial charge in [-0.25, -0.2) is 4.79 Å². The van der Waals surface area contributed by atoms with Crippen molar-refractivity contribution in [3.05, 3.63) is 28.9 Å². The number of carbonyl (C=O) groups is 1. The molecule has 2 rings (SSSR count). The molecule has 0 saturated heterocycles. The van der Waals surface area contributed by atoms with E-state index in [4.69, 9.17) is 16.7 Å². The molecule has 0 aliphatic carbocycles. The summed E-state index contributed by atoms with van der Waals surface area (Å²) in [5.74, 6) is -1.91. The first-order chi connectivity index (χ1) is 7.50. The average molecular weight is 240 g/mol. The summed E-state index contributed by atoms with van der Waals surface area (Å²) in [5, 5.41) is 27.6. The van der Waals surface area contributed by atoms with E-state index in [1.54, 1.807) is 0 Å². The Morgan fingerprint density at radius 2 is 1.88 bits per heavy atom. The van der Waals surface area contributed by atoms with E-state index >= 15 is 0 Å². The van der Waals surface area contributed by atoms with Gasteiger partial charge in [-0.15, -0.1) is 0 Å². The van der Waals surface area contributed by atoms with Gasteiger partial charge in [0.2, 0.25) is 0 Å². The molecule has 6 heteroatoms. The van der Waals surface area contributed by atoms with Crippen molar-refractivity contribution in [2.45, 2.75) is 0 Å². The second-order valence-corrected chi connectivity index (χ2v) is 3.53. The normalized spacial score (nSPS) is 10.6. The SMILES string of the molecule is O=C(O)c1cnc2cc(O)c(O)cc2c1Cl. The monoisotopic (exact) mass is 239 g/mol. The fraction of sp³-hybridized carbons (Fsp3) is 0. The highest BCUT2D eigenvalue weighted by molar-refractivity contribution is 6.38. The van der Waals surface area contributed by atoms with Crippen LogP contribution in [0, 0.1) is 0 Å². The highest BCUT2D eigenvalue weighted by atomic mass is 35.5. The van der Waals surface area contributed by atoms with Crippen LogP contribution in [0.25, 0.3) is 10.9 Å². The fourth-order valence-electron chi connectivity index (χ4n) is 1.33. The number of aromatic nitrogens is 1. The van der Waals surface area contributed by atoms with Crippen molar-refractivity contribution in [2.24, 2.45) is 0 Å². The third kappa shape index (κ3) is 1.51. The van der Waals surface area contributed by atoms with E-state index < -0.39 is 5.97 Å². The zero-order valence-electron chi connectivity index (χ0n) is 7.81. The van der Waals surface area contributed by atoms with Crippen LogP contribution >= 0.6 is 11.6 Å². The Morgan fingerprint density at radius 3 is 2.50 bits per heavy atom. The summed E-state index contributed by atoms with van der Waals surface area (Å²) in [6.07, 6.45) is 1.10. The molecule has 0 fully saturated rings. The van der Waals surface area contributed by atoms with E-state index in [-0.39, 0.29) is 27.5 Å². The summed E-state index contributed by atoms with van der Waals surface area (Å²) in [5.41, 5.74) is 0.157. The second kappa shape index (κ2) is 3.53. The summed E-state index contributed by atoms with van der Waals surface area (Å²) in [4.78, 5) is 14.6. The van der Waals surface area contributed by atoms with Crippen molar-refractivity contribution in [3.63, 3.8) is 0 Å². The molecule has 0 spiro atoms. The maximum absolute atomic E-state index is 10.8. The predicted octanol–water partition coefficient (Wildman–Crippen LogP) is 2.00. The Balaban J connectivity index is 2.84. The van der Waals surface area contributed by atoms with Crippen molar-refractivity contribution in [3.8, 4) is 11.5 Å². The van der Waals surface area contributed by atoms with Crippen LogP contribution in [-0.4, -0.2) is 26.3 Å². The number of fused-ring (bicyclic) bond motifs is 1. The van der Waals surface area contributed by atoms with Gasteiger partial charge in [-0.05, 0) is 6.07 Å². The minimum Gasteiger partial charge on any atom is -0.504 e. The molecular weight excluding hydrogens is 234 g/mol. The van der Waals surface area contributed by atoms with Crippen LogP contribution in [0.4, 0.5) is 0 Å². The Bertz CT molecular complexity index is 597. The van der Waals surface area contributed by atoms with E-state index in [1.165, 1.54) is 12.1 Å². The summed E-state index contributed by atoms with van der Waals surface area (Å²) in [6, 6.07) is 2.38. The Morgan fingerprint density at radius 1 is 1.25 bits per heavy atom. The number of carboxylic acids is 1. The topological polar surface area (TPSA) is 90.7 Å². The predicted molar refractivity (Wildman–Crippen MR) is 57.0 cm³/mol. The summed E-state index contributed by atoms with van der Waals surface area (Å²) < 4.78 is 0. The number of benzene rings is 1. The van der Waals surface area contributed by atoms with Gasteiger partial charge in [0.05, 0.1) is 16.1 Å². The lowest BCUT2D eigenvalue weighted by Crippen LogP contribution is -1.99. The van der Waals surface area contributed by atoms with Crippen molar-refractivity contribution in [2.75, 3.05) is 0 Å². The van der Waals surface area contributed by atoms with Crippen molar-refractivity contribution >= 4 is 28.5 Å². The molecule has 0 atom stereocenters. The van der Waals surface area contributed by atoms with Gasteiger partial charge in [0.1, 0.15) is 0 Å². The lowest BCUT2D eigenvalue weighted by Gasteiger charge is -2.05. The lowest BCUT2D eigenvalue weighted by molar-refractivity contribution is 0.0697. The quantitative estimate of drug-likeness (QED) is 0.662. The van der Waals surface area contributed by atoms with E-state index in [0.29, 0.717) is 5.52 Å². The Labute approximate surface area is 94.5 Å². The van der Waals surface area contributed by atoms with Gasteiger partial charge in [-0.1, -0.05) is 11.6 Å². The number of nitrogens with zero attached hydrogens (tertiary/aromatic N) is 1. The molecule has 0 bridgehead atoms. The minimum atomic E-state index is -1.20. The molecule has 0 aliphatic rings. The molecule has 0 aliphatic heterocycles. The highest BCUT2D eigenvalue weighted by Gasteiger charge is 2.14. The van der Waals surface area contributed by atoms with Gasteiger partial charge in [0.25, 0.3) is 0 Å². The third-order valence-corrected chi connectivity index (χ3v) is 2.54. The number of phenols is 2. The van der Waals surface area contributed by atoms with Crippen LogP contribution in [0.2, 0.25) is 5.02 Å². The molecule has 5 nitrogen and oxygen atoms in total. The molecule has 0 unspecified atom stereocenters. The molecule has 0 amide bonds. The highest BCUT2D eigenvalue weighted by Crippen LogP contribution is 2.34. The van der Waals surface area contributed by atoms with Crippen molar-refractivity contribution < 1.29 is 20.1 Å². The molecule has 82 valence electrons. The summed E-state index contributed by atoms with van der Waals surface area (Å²) in [6.45, 7) is 0. The second-order valence-electron chi connectivity index (χ2n) is 3.15. The van der Waals surface area contributed by atoms with E-state index in [0.717, 1.165) is 6.20 Å². The zero-order chi connectivity index (χ0) is 11.9. The number of hydrogen-bond donors (Lipinski definition) is 3. The van der Waals surface area contributed by atoms with Gasteiger partial charge >= 0.3 is 5.97 Å². The minimum absolute atomic E-state index is 0.0206. The number of aromatic carboxylic acids is 1. The first kappa shape index (κ1) is 10.5. The van der Waals surface area contributed by atoms with Crippen LogP contribution < -0.4 is 0 Å². The standard InChI is InChI=1S/C10H6ClNO4/c11-9-4-1-7(13)8(14)2-6(4)12-3-5(9)10(15)16/h1-3,13-14H,(H,15,16). The smallest absolute Gasteiger partial charge is 0.338 e. The molecule has 3 N–H and O–H groups in total. The third-order valence-electron chi connectivity index (χ3n) is 2.13. The van der Waals surface area contributed by atoms with E-state index in [1.807, 2.05) is 0 Å². The van der Waals surface area contributed by atoms with Crippen LogP contribution in [-0.2, 0) is 0 Å². The fourth-order valence-corrected chi connectivity index (χ4v) is 1.61. The number of pyridine rings is 1. The summed E-state index contributed by atoms with van der Waals surface area (Å²) in [7, 11) is 0. The first-order valence-corrected chi connectivity index (χ1v) is 4.62. The molecule has 0 saturated carbocycles. The number of aromatic hydroxyl groups is 2. The Kier molecular flexibility index (Phi) is 2.32. The molecule has 1 aromatic heterocycles. The van der Waals surface area contributed by atoms with Crippen LogP contribution in [0.3, 0.4) is 0 Å².